The minimum absolute atomic E-state index is 0. The summed E-state index contributed by atoms with van der Waals surface area (Å²) in [5, 5.41) is 0. The molecule has 0 atom stereocenters. The van der Waals surface area contributed by atoms with Crippen LogP contribution in [0.1, 0.15) is 34.6 Å². The smallest absolute Gasteiger partial charge is 0 e. The summed E-state index contributed by atoms with van der Waals surface area (Å²) < 4.78 is 0. The Morgan fingerprint density at radius 1 is 0.941 bits per heavy atom. The van der Waals surface area contributed by atoms with Crippen LogP contribution < -0.4 is 0 Å². The zero-order valence-electron chi connectivity index (χ0n) is 11.7. The molecule has 1 radical (unpaired) electrons. The van der Waals surface area contributed by atoms with E-state index in [9.17, 15) is 0 Å². The van der Waals surface area contributed by atoms with Crippen molar-refractivity contribution in [3.63, 3.8) is 0 Å². The van der Waals surface area contributed by atoms with Crippen molar-refractivity contribution in [3.8, 4) is 0 Å². The molecule has 0 amide bonds. The first-order chi connectivity index (χ1) is 7.28. The minimum Gasteiger partial charge on any atom is -0.263 e. The summed E-state index contributed by atoms with van der Waals surface area (Å²) in [6.45, 7) is 23.4. The summed E-state index contributed by atoms with van der Waals surface area (Å²) in [4.78, 5) is 0. The Kier molecular flexibility index (Phi) is 13.0. The zero-order chi connectivity index (χ0) is 13.4. The van der Waals surface area contributed by atoms with Crippen LogP contribution in [-0.4, -0.2) is 0 Å². The first kappa shape index (κ1) is 21.5. The fourth-order valence-corrected chi connectivity index (χ4v) is 1.41. The van der Waals surface area contributed by atoms with Gasteiger partial charge in [-0.2, -0.15) is 11.1 Å². The maximum absolute atomic E-state index is 3.44. The Morgan fingerprint density at radius 2 is 1.24 bits per heavy atom. The van der Waals surface area contributed by atoms with Gasteiger partial charge < -0.3 is 0 Å². The Balaban J connectivity index is -0.000000240. The van der Waals surface area contributed by atoms with E-state index in [1.54, 1.807) is 0 Å². The van der Waals surface area contributed by atoms with E-state index in [0.29, 0.717) is 0 Å². The predicted octanol–water partition coefficient (Wildman–Crippen LogP) is 5.02. The van der Waals surface area contributed by atoms with E-state index in [1.807, 2.05) is 0 Å². The molecule has 1 aliphatic carbocycles. The number of hydrogen-bond donors (Lipinski definition) is 0. The molecule has 1 rings (SSSR count). The number of rotatable bonds is 0. The fourth-order valence-electron chi connectivity index (χ4n) is 1.41. The Bertz CT molecular complexity index is 341. The molecule has 0 heterocycles. The van der Waals surface area contributed by atoms with Gasteiger partial charge in [0.05, 0.1) is 0 Å². The van der Waals surface area contributed by atoms with Gasteiger partial charge in [0.25, 0.3) is 0 Å². The van der Waals surface area contributed by atoms with Gasteiger partial charge in [-0.1, -0.05) is 59.4 Å². The Labute approximate surface area is 121 Å². The van der Waals surface area contributed by atoms with Gasteiger partial charge in [-0.3, -0.25) is 6.08 Å². The third-order valence-corrected chi connectivity index (χ3v) is 2.56. The molecule has 0 aromatic rings. The van der Waals surface area contributed by atoms with Gasteiger partial charge in [0.15, 0.2) is 0 Å². The van der Waals surface area contributed by atoms with E-state index in [-0.39, 0.29) is 25.5 Å². The van der Waals surface area contributed by atoms with Crippen LogP contribution in [-0.2, 0) is 20.1 Å². The van der Waals surface area contributed by atoms with Crippen LogP contribution in [0, 0.1) is 11.5 Å². The molecule has 0 aliphatic heterocycles. The summed E-state index contributed by atoms with van der Waals surface area (Å²) in [5.74, 6) is 0. The van der Waals surface area contributed by atoms with E-state index >= 15 is 0 Å². The maximum Gasteiger partial charge on any atom is 0 e. The van der Waals surface area contributed by atoms with Crippen LogP contribution in [0.4, 0.5) is 0 Å². The molecule has 0 spiro atoms. The first-order valence-corrected chi connectivity index (χ1v) is 5.16. The molecule has 0 aromatic carbocycles. The molecule has 1 heteroatoms. The summed E-state index contributed by atoms with van der Waals surface area (Å²) >= 11 is 0. The second-order valence-corrected chi connectivity index (χ2v) is 4.12. The quantitative estimate of drug-likeness (QED) is 0.391. The van der Waals surface area contributed by atoms with E-state index in [4.69, 9.17) is 0 Å². The Morgan fingerprint density at radius 3 is 1.29 bits per heavy atom. The first-order valence-electron chi connectivity index (χ1n) is 5.16. The SMILES string of the molecule is C=C=C.C=C=C.CC1=[C-]C(C)(C)C(C)=C1C.[Ir]. The third kappa shape index (κ3) is 7.97. The summed E-state index contributed by atoms with van der Waals surface area (Å²) in [7, 11) is 0. The second-order valence-electron chi connectivity index (χ2n) is 4.12. The summed E-state index contributed by atoms with van der Waals surface area (Å²) in [6.07, 6.45) is 3.44. The van der Waals surface area contributed by atoms with Crippen molar-refractivity contribution in [2.45, 2.75) is 34.6 Å². The largest absolute Gasteiger partial charge is 0.263 e. The molecule has 0 fully saturated rings. The third-order valence-electron chi connectivity index (χ3n) is 2.56. The van der Waals surface area contributed by atoms with Crippen LogP contribution in [0.2, 0.25) is 0 Å². The summed E-state index contributed by atoms with van der Waals surface area (Å²) in [6, 6.07) is 0. The van der Waals surface area contributed by atoms with Crippen molar-refractivity contribution in [1.29, 1.82) is 0 Å². The van der Waals surface area contributed by atoms with Crippen LogP contribution in [0.5, 0.6) is 0 Å². The van der Waals surface area contributed by atoms with Crippen LogP contribution in [0.15, 0.2) is 54.5 Å². The van der Waals surface area contributed by atoms with Crippen molar-refractivity contribution in [1.82, 2.24) is 0 Å². The van der Waals surface area contributed by atoms with Crippen molar-refractivity contribution < 1.29 is 20.1 Å². The van der Waals surface area contributed by atoms with Crippen molar-refractivity contribution in [3.05, 3.63) is 60.6 Å². The molecule has 0 bridgehead atoms. The van der Waals surface area contributed by atoms with Gasteiger partial charge in [0.1, 0.15) is 0 Å². The standard InChI is InChI=1S/C10H15.2C3H4.Ir/c1-7-6-10(4,5)9(3)8(7)2;2*1-3-2;/h1-5H3;2*1-2H2;/q-1;;;. The molecule has 0 nitrogen and oxygen atoms in total. The zero-order valence-corrected chi connectivity index (χ0v) is 14.1. The predicted molar refractivity (Wildman–Crippen MR) is 74.1 cm³/mol. The fraction of sp³-hybridized carbons (Fsp3) is 0.375. The van der Waals surface area contributed by atoms with Gasteiger partial charge >= 0.3 is 0 Å². The second kappa shape index (κ2) is 10.3. The number of hydrogen-bond acceptors (Lipinski definition) is 0. The van der Waals surface area contributed by atoms with Gasteiger partial charge in [-0.15, -0.1) is 18.4 Å². The van der Waals surface area contributed by atoms with Gasteiger partial charge in [0.2, 0.25) is 0 Å². The average Bonchev–Trinajstić information content (AvgIpc) is 2.32. The molecule has 97 valence electrons. The van der Waals surface area contributed by atoms with Crippen LogP contribution in [0.3, 0.4) is 0 Å². The molecule has 17 heavy (non-hydrogen) atoms. The van der Waals surface area contributed by atoms with Gasteiger partial charge in [0, 0.05) is 20.1 Å². The number of allylic oxidation sites excluding steroid dienone is 4. The van der Waals surface area contributed by atoms with Crippen LogP contribution >= 0.6 is 0 Å². The van der Waals surface area contributed by atoms with Gasteiger partial charge in [-0.25, -0.2) is 5.57 Å². The van der Waals surface area contributed by atoms with Gasteiger partial charge in [-0.05, 0) is 0 Å². The average molecular weight is 408 g/mol. The van der Waals surface area contributed by atoms with Crippen molar-refractivity contribution >= 4 is 0 Å². The topological polar surface area (TPSA) is 0 Å². The normalized spacial score (nSPS) is 14.8. The van der Waals surface area contributed by atoms with E-state index in [0.717, 1.165) is 0 Å². The molecule has 0 unspecified atom stereocenters. The molecule has 0 saturated heterocycles. The van der Waals surface area contributed by atoms with Crippen LogP contribution in [0.25, 0.3) is 0 Å². The summed E-state index contributed by atoms with van der Waals surface area (Å²) in [5.41, 5.74) is 8.89. The molecular formula is C16H23Ir-. The molecule has 1 aliphatic rings. The molecule has 0 saturated carbocycles. The molecular weight excluding hydrogens is 384 g/mol. The molecule has 0 N–H and O–H groups in total. The van der Waals surface area contributed by atoms with E-state index in [2.05, 4.69) is 78.5 Å². The Hall–Kier alpha value is -0.831. The van der Waals surface area contributed by atoms with Crippen molar-refractivity contribution in [2.75, 3.05) is 0 Å². The molecule has 0 aromatic heterocycles. The monoisotopic (exact) mass is 408 g/mol. The van der Waals surface area contributed by atoms with E-state index < -0.39 is 0 Å². The minimum atomic E-state index is 0. The van der Waals surface area contributed by atoms with Crippen molar-refractivity contribution in [2.24, 2.45) is 5.41 Å². The van der Waals surface area contributed by atoms with E-state index in [1.165, 1.54) is 16.7 Å². The maximum atomic E-state index is 3.44.